The number of carbonyl (C=O) groups excluding carboxylic acids is 2. The van der Waals surface area contributed by atoms with Gasteiger partial charge in [-0.3, -0.25) is 24.9 Å². The van der Waals surface area contributed by atoms with Crippen LogP contribution in [0.4, 0.5) is 0 Å². The Hall–Kier alpha value is -5.44. The number of carbonyl (C=O) groups is 2. The van der Waals surface area contributed by atoms with Crippen LogP contribution in [0.1, 0.15) is 11.1 Å². The fourth-order valence-electron chi connectivity index (χ4n) is 4.79. The van der Waals surface area contributed by atoms with Gasteiger partial charge in [0.25, 0.3) is 11.8 Å². The van der Waals surface area contributed by atoms with Gasteiger partial charge in [0, 0.05) is 64.6 Å². The average molecular weight is 518 g/mol. The molecule has 0 saturated carbocycles. The molecule has 4 bridgehead atoms. The van der Waals surface area contributed by atoms with Gasteiger partial charge in [-0.15, -0.1) is 0 Å². The minimum atomic E-state index is -0.428. The summed E-state index contributed by atoms with van der Waals surface area (Å²) in [6.45, 7) is 0.708. The summed E-state index contributed by atoms with van der Waals surface area (Å²) in [6.07, 6.45) is 16.3. The van der Waals surface area contributed by atoms with Gasteiger partial charge in [-0.2, -0.15) is 0 Å². The second-order valence-electron chi connectivity index (χ2n) is 8.70. The Kier molecular flexibility index (Phi) is 6.45. The molecule has 0 fully saturated rings. The van der Waals surface area contributed by atoms with E-state index >= 15 is 0 Å². The molecule has 39 heavy (non-hydrogen) atoms. The number of para-hydroxylation sites is 2. The molecule has 9 nitrogen and oxygen atoms in total. The van der Waals surface area contributed by atoms with Crippen LogP contribution in [0.5, 0.6) is 0 Å². The second-order valence-corrected chi connectivity index (χ2v) is 8.70. The van der Waals surface area contributed by atoms with Crippen LogP contribution in [0.25, 0.3) is 39.2 Å². The Balaban J connectivity index is 1.56. The number of imide groups is 1. The number of rotatable bonds is 0. The summed E-state index contributed by atoms with van der Waals surface area (Å²) in [7, 11) is 0. The van der Waals surface area contributed by atoms with Crippen LogP contribution in [0, 0.1) is 0 Å². The van der Waals surface area contributed by atoms with Crippen molar-refractivity contribution in [1.29, 1.82) is 0 Å². The fourth-order valence-corrected chi connectivity index (χ4v) is 4.79. The molecule has 9 heteroatoms. The maximum absolute atomic E-state index is 13.3. The van der Waals surface area contributed by atoms with Crippen LogP contribution in [0.15, 0.2) is 102 Å². The number of amides is 2. The summed E-state index contributed by atoms with van der Waals surface area (Å²) in [5.74, 6) is -0.853. The molecule has 0 saturated heterocycles. The zero-order chi connectivity index (χ0) is 26.6. The first-order chi connectivity index (χ1) is 19.2. The molecule has 2 aliphatic rings. The predicted octanol–water partition coefficient (Wildman–Crippen LogP) is 4.72. The molecule has 6 rings (SSSR count). The molecule has 0 unspecified atom stereocenters. The van der Waals surface area contributed by atoms with Crippen LogP contribution in [-0.2, 0) is 25.6 Å². The first-order valence-corrected chi connectivity index (χ1v) is 12.3. The van der Waals surface area contributed by atoms with E-state index in [1.165, 1.54) is 25.0 Å². The Morgan fingerprint density at radius 1 is 0.744 bits per heavy atom. The topological polar surface area (TPSA) is 99.2 Å². The molecule has 4 heterocycles. The van der Waals surface area contributed by atoms with Crippen LogP contribution < -0.4 is 5.32 Å². The summed E-state index contributed by atoms with van der Waals surface area (Å²) >= 11 is 0. The highest BCUT2D eigenvalue weighted by atomic mass is 16.5. The number of nitrogens with one attached hydrogen (secondary N) is 1. The van der Waals surface area contributed by atoms with Crippen LogP contribution >= 0.6 is 0 Å². The number of hydrogen-bond acceptors (Lipinski definition) is 6. The molecular weight excluding hydrogens is 494 g/mol. The number of fused-ring (bicyclic) bond motifs is 12. The van der Waals surface area contributed by atoms with E-state index in [1.54, 1.807) is 24.8 Å². The molecule has 2 amide bonds. The van der Waals surface area contributed by atoms with E-state index in [9.17, 15) is 9.59 Å². The van der Waals surface area contributed by atoms with Crippen LogP contribution in [0.2, 0.25) is 0 Å². The quantitative estimate of drug-likeness (QED) is 0.341. The Morgan fingerprint density at radius 2 is 1.44 bits per heavy atom. The summed E-state index contributed by atoms with van der Waals surface area (Å²) in [6, 6.07) is 15.5. The third-order valence-corrected chi connectivity index (χ3v) is 6.43. The van der Waals surface area contributed by atoms with Gasteiger partial charge >= 0.3 is 0 Å². The highest BCUT2D eigenvalue weighted by Crippen LogP contribution is 2.39. The lowest BCUT2D eigenvalue weighted by molar-refractivity contribution is -0.122. The van der Waals surface area contributed by atoms with Gasteiger partial charge in [-0.25, -0.2) is 0 Å². The maximum Gasteiger partial charge on any atom is 0.259 e. The van der Waals surface area contributed by atoms with Crippen molar-refractivity contribution in [2.45, 2.75) is 6.54 Å². The molecule has 192 valence electrons. The molecular formula is C30H23N5O4. The van der Waals surface area contributed by atoms with Gasteiger partial charge in [0.1, 0.15) is 25.4 Å². The van der Waals surface area contributed by atoms with Crippen molar-refractivity contribution >= 4 is 63.4 Å². The van der Waals surface area contributed by atoms with E-state index in [0.717, 1.165) is 21.8 Å². The summed E-state index contributed by atoms with van der Waals surface area (Å²) in [4.78, 5) is 35.0. The minimum absolute atomic E-state index is 0.258. The summed E-state index contributed by atoms with van der Waals surface area (Å²) < 4.78 is 14.4. The van der Waals surface area contributed by atoms with Gasteiger partial charge in [-0.05, 0) is 12.1 Å². The number of aromatic nitrogens is 2. The minimum Gasteiger partial charge on any atom is -0.492 e. The Morgan fingerprint density at radius 3 is 2.26 bits per heavy atom. The highest BCUT2D eigenvalue weighted by Gasteiger charge is 2.35. The van der Waals surface area contributed by atoms with Crippen molar-refractivity contribution in [2.24, 2.45) is 9.98 Å². The van der Waals surface area contributed by atoms with Gasteiger partial charge < -0.3 is 18.6 Å². The second kappa shape index (κ2) is 10.5. The lowest BCUT2D eigenvalue weighted by Gasteiger charge is -2.03. The van der Waals surface area contributed by atoms with Crippen molar-refractivity contribution in [1.82, 2.24) is 14.5 Å². The number of aliphatic imine (C=N–C) groups is 2. The largest absolute Gasteiger partial charge is 0.492 e. The van der Waals surface area contributed by atoms with E-state index < -0.39 is 11.8 Å². The molecule has 4 aromatic rings. The normalized spacial score (nSPS) is 18.6. The molecule has 1 N–H and O–H groups in total. The Bertz CT molecular complexity index is 1780. The molecule has 0 aliphatic carbocycles. The Labute approximate surface area is 223 Å². The van der Waals surface area contributed by atoms with Gasteiger partial charge in [-0.1, -0.05) is 36.4 Å². The molecule has 0 spiro atoms. The molecule has 2 aromatic heterocycles. The summed E-state index contributed by atoms with van der Waals surface area (Å²) in [5.41, 5.74) is 3.82. The number of ether oxygens (including phenoxy) is 2. The van der Waals surface area contributed by atoms with E-state index in [2.05, 4.69) is 15.3 Å². The van der Waals surface area contributed by atoms with E-state index in [1.807, 2.05) is 70.1 Å². The third-order valence-electron chi connectivity index (χ3n) is 6.43. The smallest absolute Gasteiger partial charge is 0.259 e. The van der Waals surface area contributed by atoms with Crippen molar-refractivity contribution in [3.8, 4) is 0 Å². The van der Waals surface area contributed by atoms with Crippen molar-refractivity contribution < 1.29 is 19.1 Å². The van der Waals surface area contributed by atoms with Gasteiger partial charge in [0.05, 0.1) is 29.4 Å². The van der Waals surface area contributed by atoms with Gasteiger partial charge in [0.15, 0.2) is 0 Å². The lowest BCUT2D eigenvalue weighted by Crippen LogP contribution is -2.22. The molecule has 0 atom stereocenters. The lowest BCUT2D eigenvalue weighted by atomic mass is 9.95. The number of benzene rings is 2. The van der Waals surface area contributed by atoms with E-state index in [-0.39, 0.29) is 6.61 Å². The molecule has 2 aromatic carbocycles. The van der Waals surface area contributed by atoms with Crippen LogP contribution in [-0.4, -0.2) is 40.0 Å². The fraction of sp³-hybridized carbons (Fsp3) is 0.0667. The summed E-state index contributed by atoms with van der Waals surface area (Å²) in [5, 5.41) is 4.23. The molecule has 2 aliphatic heterocycles. The predicted molar refractivity (Wildman–Crippen MR) is 151 cm³/mol. The first-order valence-electron chi connectivity index (χ1n) is 12.3. The van der Waals surface area contributed by atoms with E-state index in [0.29, 0.717) is 28.8 Å². The van der Waals surface area contributed by atoms with Crippen LogP contribution in [0.3, 0.4) is 0 Å². The third kappa shape index (κ3) is 4.57. The van der Waals surface area contributed by atoms with Crippen molar-refractivity contribution in [3.63, 3.8) is 0 Å². The average Bonchev–Trinajstić information content (AvgIpc) is 3.58. The number of nitrogens with zero attached hydrogens (tertiary/aromatic N) is 4. The highest BCUT2D eigenvalue weighted by molar-refractivity contribution is 6.50. The number of hydrogen-bond donors (Lipinski definition) is 1. The monoisotopic (exact) mass is 517 g/mol. The standard InChI is InChI=1S/C30H23N5O4/c36-29-27-23-19-34(25-7-3-1-5-21(23)25)13-9-31-11-15-38-17-18-39-16-12-32-10-14-35-20-24(28(27)30(37)33-29)22-6-2-4-8-26(22)35/h1-13,16-20H,14-15H2,(H,33,36,37)/b13-9+,16-12+,18-17-,31-11?,32-10?. The zero-order valence-corrected chi connectivity index (χ0v) is 20.7. The first kappa shape index (κ1) is 23.9. The van der Waals surface area contributed by atoms with E-state index in [4.69, 9.17) is 9.47 Å². The van der Waals surface area contributed by atoms with Crippen molar-refractivity contribution in [2.75, 3.05) is 6.61 Å². The van der Waals surface area contributed by atoms with Crippen molar-refractivity contribution in [3.05, 3.63) is 103 Å². The maximum atomic E-state index is 13.3. The molecule has 0 radical (unpaired) electrons. The SMILES string of the molecule is O=C1NC(=O)C2=C1c1cn(c3ccccc13)/C=C/N=CCO/C=C\O/C=C/N=CCn1cc2c2ccccc21. The van der Waals surface area contributed by atoms with Gasteiger partial charge in [0.2, 0.25) is 0 Å². The zero-order valence-electron chi connectivity index (χ0n) is 20.7.